The summed E-state index contributed by atoms with van der Waals surface area (Å²) in [6.07, 6.45) is 1.21. The largest absolute Gasteiger partial charge is 0.477 e. The molecule has 0 aliphatic carbocycles. The molecule has 1 fully saturated rings. The lowest BCUT2D eigenvalue weighted by atomic mass is 10.2. The second kappa shape index (κ2) is 6.08. The molecule has 2 rings (SSSR count). The van der Waals surface area contributed by atoms with Gasteiger partial charge in [-0.25, -0.2) is 4.79 Å². The molecule has 0 bridgehead atoms. The van der Waals surface area contributed by atoms with E-state index in [1.165, 1.54) is 29.1 Å². The van der Waals surface area contributed by atoms with Crippen LogP contribution in [0.1, 0.15) is 33.5 Å². The van der Waals surface area contributed by atoms with E-state index in [0.29, 0.717) is 4.88 Å². The topological polar surface area (TPSA) is 40.5 Å². The second-order valence-electron chi connectivity index (χ2n) is 4.63. The smallest absolute Gasteiger partial charge is 0.345 e. The van der Waals surface area contributed by atoms with Crippen molar-refractivity contribution in [3.8, 4) is 0 Å². The van der Waals surface area contributed by atoms with Gasteiger partial charge in [-0.2, -0.15) is 11.8 Å². The summed E-state index contributed by atoms with van der Waals surface area (Å²) in [7, 11) is 0. The number of carboxylic acids is 1. The monoisotopic (exact) mass is 285 g/mol. The van der Waals surface area contributed by atoms with Crippen LogP contribution < -0.4 is 0 Å². The lowest BCUT2D eigenvalue weighted by molar-refractivity contribution is 0.0702. The molecule has 100 valence electrons. The van der Waals surface area contributed by atoms with Gasteiger partial charge in [0.15, 0.2) is 0 Å². The fourth-order valence-corrected chi connectivity index (χ4v) is 4.32. The molecule has 0 amide bonds. The van der Waals surface area contributed by atoms with E-state index in [0.717, 1.165) is 29.8 Å². The Balaban J connectivity index is 2.02. The zero-order valence-corrected chi connectivity index (χ0v) is 12.4. The van der Waals surface area contributed by atoms with Gasteiger partial charge in [0.05, 0.1) is 0 Å². The van der Waals surface area contributed by atoms with Crippen LogP contribution in [0.3, 0.4) is 0 Å². The van der Waals surface area contributed by atoms with Crippen LogP contribution in [-0.4, -0.2) is 40.1 Å². The zero-order valence-electron chi connectivity index (χ0n) is 10.8. The number of rotatable bonds is 4. The van der Waals surface area contributed by atoms with E-state index in [1.54, 1.807) is 0 Å². The van der Waals surface area contributed by atoms with Crippen LogP contribution in [0.15, 0.2) is 6.07 Å². The molecular formula is C13H19NO2S2. The molecule has 1 unspecified atom stereocenters. The third-order valence-electron chi connectivity index (χ3n) is 3.30. The molecule has 1 aliphatic heterocycles. The van der Waals surface area contributed by atoms with Gasteiger partial charge in [0.25, 0.3) is 0 Å². The van der Waals surface area contributed by atoms with Crippen LogP contribution in [0.25, 0.3) is 0 Å². The predicted molar refractivity (Wildman–Crippen MR) is 77.8 cm³/mol. The average Bonchev–Trinajstić information content (AvgIpc) is 2.71. The van der Waals surface area contributed by atoms with Gasteiger partial charge in [-0.05, 0) is 25.0 Å². The first-order valence-electron chi connectivity index (χ1n) is 6.26. The van der Waals surface area contributed by atoms with E-state index in [-0.39, 0.29) is 0 Å². The summed E-state index contributed by atoms with van der Waals surface area (Å²) < 4.78 is 0. The summed E-state index contributed by atoms with van der Waals surface area (Å²) in [5.74, 6) is 0.378. The molecule has 1 aromatic rings. The summed E-state index contributed by atoms with van der Waals surface area (Å²) in [6, 6.07) is 1.84. The van der Waals surface area contributed by atoms with Crippen molar-refractivity contribution < 1.29 is 9.90 Å². The van der Waals surface area contributed by atoms with E-state index < -0.39 is 5.97 Å². The molecule has 5 heteroatoms. The van der Waals surface area contributed by atoms with Crippen molar-refractivity contribution >= 4 is 29.1 Å². The summed E-state index contributed by atoms with van der Waals surface area (Å²) >= 11 is 3.44. The van der Waals surface area contributed by atoms with Crippen molar-refractivity contribution in [3.05, 3.63) is 21.4 Å². The van der Waals surface area contributed by atoms with Crippen LogP contribution >= 0.6 is 23.1 Å². The van der Waals surface area contributed by atoms with Crippen molar-refractivity contribution in [1.82, 2.24) is 4.90 Å². The molecular weight excluding hydrogens is 266 g/mol. The Hall–Kier alpha value is -0.520. The minimum atomic E-state index is -0.810. The standard InChI is InChI=1S/C13H19NO2S2/c1-3-11-8-14(4-5-17-11)7-10-6-12(13(15)16)18-9(10)2/h6,11H,3-5,7-8H2,1-2H3,(H,15,16). The molecule has 3 nitrogen and oxygen atoms in total. The first kappa shape index (κ1) is 13.9. The molecule has 1 aliphatic rings. The van der Waals surface area contributed by atoms with Gasteiger partial charge in [0.2, 0.25) is 0 Å². The summed E-state index contributed by atoms with van der Waals surface area (Å²) in [4.78, 5) is 15.0. The molecule has 0 spiro atoms. The van der Waals surface area contributed by atoms with E-state index >= 15 is 0 Å². The first-order valence-corrected chi connectivity index (χ1v) is 8.13. The Bertz CT molecular complexity index is 431. The molecule has 1 atom stereocenters. The molecule has 1 N–H and O–H groups in total. The number of thioether (sulfide) groups is 1. The first-order chi connectivity index (χ1) is 8.60. The summed E-state index contributed by atoms with van der Waals surface area (Å²) in [5.41, 5.74) is 1.18. The Morgan fingerprint density at radius 3 is 3.00 bits per heavy atom. The highest BCUT2D eigenvalue weighted by Crippen LogP contribution is 2.26. The van der Waals surface area contributed by atoms with Crippen molar-refractivity contribution in [2.75, 3.05) is 18.8 Å². The minimum absolute atomic E-state index is 0.459. The number of carbonyl (C=O) groups is 1. The van der Waals surface area contributed by atoms with Gasteiger partial charge in [-0.1, -0.05) is 6.92 Å². The molecule has 1 saturated heterocycles. The van der Waals surface area contributed by atoms with Gasteiger partial charge in [0.1, 0.15) is 4.88 Å². The number of aromatic carboxylic acids is 1. The van der Waals surface area contributed by atoms with Gasteiger partial charge >= 0.3 is 5.97 Å². The van der Waals surface area contributed by atoms with Crippen LogP contribution in [0.5, 0.6) is 0 Å². The SMILES string of the molecule is CCC1CN(Cc2cc(C(=O)O)sc2C)CCS1. The Kier molecular flexibility index (Phi) is 4.70. The van der Waals surface area contributed by atoms with E-state index in [4.69, 9.17) is 5.11 Å². The van der Waals surface area contributed by atoms with Crippen molar-refractivity contribution in [2.45, 2.75) is 32.1 Å². The van der Waals surface area contributed by atoms with Gasteiger partial charge in [0, 0.05) is 35.5 Å². The Morgan fingerprint density at radius 1 is 1.61 bits per heavy atom. The number of hydrogen-bond donors (Lipinski definition) is 1. The second-order valence-corrected chi connectivity index (χ2v) is 7.30. The maximum absolute atomic E-state index is 11.0. The van der Waals surface area contributed by atoms with Crippen LogP contribution in [-0.2, 0) is 6.54 Å². The molecule has 1 aromatic heterocycles. The molecule has 0 aromatic carbocycles. The quantitative estimate of drug-likeness (QED) is 0.923. The van der Waals surface area contributed by atoms with Crippen LogP contribution in [0.4, 0.5) is 0 Å². The molecule has 18 heavy (non-hydrogen) atoms. The van der Waals surface area contributed by atoms with Crippen LogP contribution in [0, 0.1) is 6.92 Å². The van der Waals surface area contributed by atoms with Crippen LogP contribution in [0.2, 0.25) is 0 Å². The van der Waals surface area contributed by atoms with E-state index in [1.807, 2.05) is 13.0 Å². The van der Waals surface area contributed by atoms with Gasteiger partial charge in [-0.3, -0.25) is 4.90 Å². The van der Waals surface area contributed by atoms with Crippen molar-refractivity contribution in [3.63, 3.8) is 0 Å². The maximum Gasteiger partial charge on any atom is 0.345 e. The average molecular weight is 285 g/mol. The number of carboxylic acid groups (broad SMARTS) is 1. The maximum atomic E-state index is 11.0. The number of aryl methyl sites for hydroxylation is 1. The highest BCUT2D eigenvalue weighted by Gasteiger charge is 2.20. The third kappa shape index (κ3) is 3.28. The molecule has 0 radical (unpaired) electrons. The number of hydrogen-bond acceptors (Lipinski definition) is 4. The van der Waals surface area contributed by atoms with Gasteiger partial charge in [-0.15, -0.1) is 11.3 Å². The fourth-order valence-electron chi connectivity index (χ4n) is 2.19. The Morgan fingerprint density at radius 2 is 2.39 bits per heavy atom. The summed E-state index contributed by atoms with van der Waals surface area (Å²) in [5, 5.41) is 9.74. The predicted octanol–water partition coefficient (Wildman–Crippen LogP) is 3.08. The Labute approximate surface area is 116 Å². The van der Waals surface area contributed by atoms with Crippen molar-refractivity contribution in [2.24, 2.45) is 0 Å². The summed E-state index contributed by atoms with van der Waals surface area (Å²) in [6.45, 7) is 7.38. The van der Waals surface area contributed by atoms with Crippen molar-refractivity contribution in [1.29, 1.82) is 0 Å². The third-order valence-corrected chi connectivity index (χ3v) is 5.76. The highest BCUT2D eigenvalue weighted by molar-refractivity contribution is 8.00. The number of nitrogens with zero attached hydrogens (tertiary/aromatic N) is 1. The highest BCUT2D eigenvalue weighted by atomic mass is 32.2. The normalized spacial score (nSPS) is 21.1. The number of thiophene rings is 1. The van der Waals surface area contributed by atoms with E-state index in [2.05, 4.69) is 23.6 Å². The molecule has 0 saturated carbocycles. The minimum Gasteiger partial charge on any atom is -0.477 e. The zero-order chi connectivity index (χ0) is 13.1. The lowest BCUT2D eigenvalue weighted by Gasteiger charge is -2.31. The fraction of sp³-hybridized carbons (Fsp3) is 0.615. The van der Waals surface area contributed by atoms with Gasteiger partial charge < -0.3 is 5.11 Å². The molecule has 2 heterocycles. The lowest BCUT2D eigenvalue weighted by Crippen LogP contribution is -2.37. The van der Waals surface area contributed by atoms with E-state index in [9.17, 15) is 4.79 Å².